The van der Waals surface area contributed by atoms with Crippen molar-refractivity contribution in [2.24, 2.45) is 17.6 Å². The topological polar surface area (TPSA) is 46.3 Å². The fourth-order valence-corrected chi connectivity index (χ4v) is 3.71. The van der Waals surface area contributed by atoms with Crippen molar-refractivity contribution in [1.29, 1.82) is 0 Å². The van der Waals surface area contributed by atoms with E-state index in [4.69, 9.17) is 5.73 Å². The van der Waals surface area contributed by atoms with Crippen molar-refractivity contribution >= 4 is 18.3 Å². The van der Waals surface area contributed by atoms with Crippen molar-refractivity contribution in [1.82, 2.24) is 4.90 Å². The maximum atomic E-state index is 12.8. The molecular weight excluding hydrogens is 272 g/mol. The molecule has 0 aromatic heterocycles. The van der Waals surface area contributed by atoms with Crippen LogP contribution < -0.4 is 5.73 Å². The normalized spacial score (nSPS) is 27.4. The summed E-state index contributed by atoms with van der Waals surface area (Å²) < 4.78 is 0. The first kappa shape index (κ1) is 17.8. The van der Waals surface area contributed by atoms with Gasteiger partial charge in [-0.05, 0) is 38.0 Å². The van der Waals surface area contributed by atoms with Gasteiger partial charge in [0.25, 0.3) is 0 Å². The van der Waals surface area contributed by atoms with Crippen LogP contribution in [0.5, 0.6) is 0 Å². The second kappa shape index (κ2) is 8.23. The average Bonchev–Trinajstić information content (AvgIpc) is 2.88. The standard InChI is InChI=1S/C16H30N2O.ClH/c1-12(2)11-18(15-8-3-4-9-15)16(19)13-6-5-7-14(17)10-13;/h12-15H,3-11,17H2,1-2H3;1H. The van der Waals surface area contributed by atoms with E-state index in [9.17, 15) is 4.79 Å². The van der Waals surface area contributed by atoms with Crippen LogP contribution in [0.2, 0.25) is 0 Å². The predicted octanol–water partition coefficient (Wildman–Crippen LogP) is 3.35. The molecule has 2 saturated carbocycles. The van der Waals surface area contributed by atoms with Crippen molar-refractivity contribution in [2.75, 3.05) is 6.54 Å². The molecule has 2 aliphatic rings. The summed E-state index contributed by atoms with van der Waals surface area (Å²) in [5.41, 5.74) is 6.05. The third-order valence-electron chi connectivity index (χ3n) is 4.67. The Hall–Kier alpha value is -0.280. The van der Waals surface area contributed by atoms with Gasteiger partial charge in [0.05, 0.1) is 0 Å². The molecule has 2 unspecified atom stereocenters. The zero-order valence-corrected chi connectivity index (χ0v) is 13.8. The van der Waals surface area contributed by atoms with E-state index >= 15 is 0 Å². The van der Waals surface area contributed by atoms with Gasteiger partial charge < -0.3 is 10.6 Å². The van der Waals surface area contributed by atoms with Gasteiger partial charge in [-0.2, -0.15) is 0 Å². The lowest BCUT2D eigenvalue weighted by atomic mass is 9.85. The minimum Gasteiger partial charge on any atom is -0.339 e. The first-order chi connectivity index (χ1) is 9.08. The van der Waals surface area contributed by atoms with E-state index in [1.54, 1.807) is 0 Å². The summed E-state index contributed by atoms with van der Waals surface area (Å²) in [6.45, 7) is 5.35. The molecular formula is C16H31ClN2O. The largest absolute Gasteiger partial charge is 0.339 e. The predicted molar refractivity (Wildman–Crippen MR) is 86.0 cm³/mol. The van der Waals surface area contributed by atoms with Crippen LogP contribution in [-0.2, 0) is 4.79 Å². The number of rotatable bonds is 4. The highest BCUT2D eigenvalue weighted by Crippen LogP contribution is 2.30. The van der Waals surface area contributed by atoms with Gasteiger partial charge in [0.15, 0.2) is 0 Å². The molecule has 0 heterocycles. The van der Waals surface area contributed by atoms with Gasteiger partial charge in [-0.15, -0.1) is 12.4 Å². The van der Waals surface area contributed by atoms with Crippen molar-refractivity contribution in [3.63, 3.8) is 0 Å². The molecule has 0 bridgehead atoms. The molecule has 20 heavy (non-hydrogen) atoms. The molecule has 1 amide bonds. The molecule has 118 valence electrons. The van der Waals surface area contributed by atoms with E-state index < -0.39 is 0 Å². The maximum absolute atomic E-state index is 12.8. The molecule has 0 saturated heterocycles. The molecule has 2 N–H and O–H groups in total. The molecule has 2 rings (SSSR count). The monoisotopic (exact) mass is 302 g/mol. The van der Waals surface area contributed by atoms with E-state index in [0.717, 1.165) is 32.2 Å². The Labute approximate surface area is 130 Å². The fraction of sp³-hybridized carbons (Fsp3) is 0.938. The summed E-state index contributed by atoms with van der Waals surface area (Å²) in [6, 6.07) is 0.750. The van der Waals surface area contributed by atoms with Crippen LogP contribution in [0.25, 0.3) is 0 Å². The van der Waals surface area contributed by atoms with Crippen molar-refractivity contribution in [3.8, 4) is 0 Å². The number of hydrogen-bond acceptors (Lipinski definition) is 2. The zero-order valence-electron chi connectivity index (χ0n) is 13.0. The van der Waals surface area contributed by atoms with Crippen LogP contribution in [0.3, 0.4) is 0 Å². The molecule has 0 aromatic carbocycles. The van der Waals surface area contributed by atoms with Gasteiger partial charge in [0.1, 0.15) is 0 Å². The number of halogens is 1. The number of nitrogens with two attached hydrogens (primary N) is 1. The van der Waals surface area contributed by atoms with Crippen LogP contribution >= 0.6 is 12.4 Å². The summed E-state index contributed by atoms with van der Waals surface area (Å²) in [5, 5.41) is 0. The van der Waals surface area contributed by atoms with Crippen molar-refractivity contribution in [2.45, 2.75) is 77.3 Å². The van der Waals surface area contributed by atoms with Crippen LogP contribution in [0.15, 0.2) is 0 Å². The SMILES string of the molecule is CC(C)CN(C(=O)C1CCCC(N)C1)C1CCCC1.Cl. The molecule has 2 fully saturated rings. The third kappa shape index (κ3) is 4.63. The Bertz CT molecular complexity index is 303. The van der Waals surface area contributed by atoms with Crippen LogP contribution in [0.4, 0.5) is 0 Å². The molecule has 4 heteroatoms. The van der Waals surface area contributed by atoms with E-state index in [1.807, 2.05) is 0 Å². The average molecular weight is 303 g/mol. The van der Waals surface area contributed by atoms with Crippen LogP contribution in [0.1, 0.15) is 65.2 Å². The van der Waals surface area contributed by atoms with Crippen molar-refractivity contribution in [3.05, 3.63) is 0 Å². The smallest absolute Gasteiger partial charge is 0.225 e. The van der Waals surface area contributed by atoms with Gasteiger partial charge >= 0.3 is 0 Å². The Morgan fingerprint density at radius 1 is 1.15 bits per heavy atom. The Balaban J connectivity index is 0.00000200. The fourth-order valence-electron chi connectivity index (χ4n) is 3.71. The third-order valence-corrected chi connectivity index (χ3v) is 4.67. The summed E-state index contributed by atoms with van der Waals surface area (Å²) in [5.74, 6) is 1.15. The number of nitrogens with zero attached hydrogens (tertiary/aromatic N) is 1. The number of amides is 1. The maximum Gasteiger partial charge on any atom is 0.225 e. The van der Waals surface area contributed by atoms with Gasteiger partial charge in [0.2, 0.25) is 5.91 Å². The van der Waals surface area contributed by atoms with Crippen LogP contribution in [0, 0.1) is 11.8 Å². The number of hydrogen-bond donors (Lipinski definition) is 1. The minimum atomic E-state index is 0. The Morgan fingerprint density at radius 2 is 1.80 bits per heavy atom. The molecule has 0 spiro atoms. The Kier molecular flexibility index (Phi) is 7.32. The van der Waals surface area contributed by atoms with Gasteiger partial charge in [-0.3, -0.25) is 4.79 Å². The molecule has 3 nitrogen and oxygen atoms in total. The number of carbonyl (C=O) groups is 1. The number of carbonyl (C=O) groups excluding carboxylic acids is 1. The summed E-state index contributed by atoms with van der Waals surface area (Å²) in [4.78, 5) is 15.0. The molecule has 0 aliphatic heterocycles. The van der Waals surface area contributed by atoms with Gasteiger partial charge in [-0.25, -0.2) is 0 Å². The highest BCUT2D eigenvalue weighted by Gasteiger charge is 2.33. The lowest BCUT2D eigenvalue weighted by molar-refractivity contribution is -0.139. The second-order valence-electron chi connectivity index (χ2n) is 6.95. The molecule has 2 atom stereocenters. The minimum absolute atomic E-state index is 0. The highest BCUT2D eigenvalue weighted by atomic mass is 35.5. The van der Waals surface area contributed by atoms with Crippen molar-refractivity contribution < 1.29 is 4.79 Å². The van der Waals surface area contributed by atoms with Gasteiger partial charge in [0, 0.05) is 24.5 Å². The lowest BCUT2D eigenvalue weighted by Crippen LogP contribution is -2.46. The van der Waals surface area contributed by atoms with E-state index in [0.29, 0.717) is 17.9 Å². The zero-order chi connectivity index (χ0) is 13.8. The first-order valence-electron chi connectivity index (χ1n) is 8.14. The highest BCUT2D eigenvalue weighted by molar-refractivity contribution is 5.85. The summed E-state index contributed by atoms with van der Waals surface area (Å²) >= 11 is 0. The van der Waals surface area contributed by atoms with E-state index in [-0.39, 0.29) is 24.4 Å². The van der Waals surface area contributed by atoms with Crippen LogP contribution in [-0.4, -0.2) is 29.4 Å². The summed E-state index contributed by atoms with van der Waals surface area (Å²) in [7, 11) is 0. The molecule has 2 aliphatic carbocycles. The lowest BCUT2D eigenvalue weighted by Gasteiger charge is -2.36. The van der Waals surface area contributed by atoms with E-state index in [1.165, 1.54) is 25.7 Å². The first-order valence-corrected chi connectivity index (χ1v) is 8.14. The molecule has 0 radical (unpaired) electrons. The summed E-state index contributed by atoms with van der Waals surface area (Å²) in [6.07, 6.45) is 9.16. The van der Waals surface area contributed by atoms with Gasteiger partial charge in [-0.1, -0.05) is 33.1 Å². The van der Waals surface area contributed by atoms with E-state index in [2.05, 4.69) is 18.7 Å². The quantitative estimate of drug-likeness (QED) is 0.865. The Morgan fingerprint density at radius 3 is 2.35 bits per heavy atom. The molecule has 0 aromatic rings. The second-order valence-corrected chi connectivity index (χ2v) is 6.95.